The maximum atomic E-state index is 13.5. The van der Waals surface area contributed by atoms with E-state index in [1.165, 1.54) is 18.9 Å². The molecule has 0 N–H and O–H groups in total. The van der Waals surface area contributed by atoms with Gasteiger partial charge in [-0.3, -0.25) is 9.69 Å². The van der Waals surface area contributed by atoms with Gasteiger partial charge < -0.3 is 9.64 Å². The van der Waals surface area contributed by atoms with Gasteiger partial charge in [0, 0.05) is 31.9 Å². The molecule has 3 aromatic carbocycles. The minimum atomic E-state index is -0.624. The summed E-state index contributed by atoms with van der Waals surface area (Å²) < 4.78 is 18.7. The Balaban J connectivity index is 1.29. The normalized spacial score (nSPS) is 16.1. The average molecular weight is 461 g/mol. The molecule has 5 heteroatoms. The molecule has 1 unspecified atom stereocenters. The molecule has 0 saturated carbocycles. The minimum Gasteiger partial charge on any atom is -0.468 e. The first-order valence-electron chi connectivity index (χ1n) is 12.0. The Labute approximate surface area is 202 Å². The Kier molecular flexibility index (Phi) is 7.63. The molecule has 1 aliphatic heterocycles. The van der Waals surface area contributed by atoms with E-state index in [0.717, 1.165) is 62.3 Å². The van der Waals surface area contributed by atoms with Gasteiger partial charge in [0.05, 0.1) is 12.5 Å². The van der Waals surface area contributed by atoms with Gasteiger partial charge in [0.15, 0.2) is 0 Å². The zero-order valence-electron chi connectivity index (χ0n) is 20.0. The number of benzene rings is 3. The van der Waals surface area contributed by atoms with Crippen LogP contribution in [0, 0.1) is 5.82 Å². The maximum absolute atomic E-state index is 13.5. The predicted octanol–water partition coefficient (Wildman–Crippen LogP) is 5.53. The van der Waals surface area contributed by atoms with Crippen LogP contribution in [0.4, 0.5) is 10.1 Å². The lowest BCUT2D eigenvalue weighted by Gasteiger charge is -2.36. The van der Waals surface area contributed by atoms with Gasteiger partial charge in [0.1, 0.15) is 5.82 Å². The molecule has 1 fully saturated rings. The monoisotopic (exact) mass is 460 g/mol. The molecule has 0 spiro atoms. The van der Waals surface area contributed by atoms with E-state index in [1.807, 2.05) is 43.3 Å². The summed E-state index contributed by atoms with van der Waals surface area (Å²) in [5, 5.41) is 0. The summed E-state index contributed by atoms with van der Waals surface area (Å²) in [5.74, 6) is -0.390. The van der Waals surface area contributed by atoms with Crippen molar-refractivity contribution in [2.24, 2.45) is 0 Å². The summed E-state index contributed by atoms with van der Waals surface area (Å²) in [7, 11) is 1.47. The van der Waals surface area contributed by atoms with Gasteiger partial charge in [-0.2, -0.15) is 0 Å². The number of anilines is 1. The lowest BCUT2D eigenvalue weighted by molar-refractivity contribution is -0.147. The van der Waals surface area contributed by atoms with Gasteiger partial charge in [-0.15, -0.1) is 0 Å². The number of hydrogen-bond donors (Lipinski definition) is 0. The third-order valence-corrected chi connectivity index (χ3v) is 6.96. The third-order valence-electron chi connectivity index (χ3n) is 6.96. The summed E-state index contributed by atoms with van der Waals surface area (Å²) in [6.45, 7) is 6.86. The van der Waals surface area contributed by atoms with Crippen LogP contribution in [-0.4, -0.2) is 50.7 Å². The SMILES string of the molecule is COC(=O)C(C)(CCCN1CCN(c2ccc(-c3cccc(F)c3)cc2)CC1)c1ccccc1. The largest absolute Gasteiger partial charge is 0.468 e. The van der Waals surface area contributed by atoms with Crippen LogP contribution in [-0.2, 0) is 14.9 Å². The molecule has 0 bridgehead atoms. The fourth-order valence-corrected chi connectivity index (χ4v) is 4.81. The van der Waals surface area contributed by atoms with E-state index in [4.69, 9.17) is 4.74 Å². The molecule has 1 atom stereocenters. The lowest BCUT2D eigenvalue weighted by Crippen LogP contribution is -2.47. The van der Waals surface area contributed by atoms with Crippen LogP contribution in [0.15, 0.2) is 78.9 Å². The molecule has 4 nitrogen and oxygen atoms in total. The fourth-order valence-electron chi connectivity index (χ4n) is 4.81. The van der Waals surface area contributed by atoms with E-state index in [1.54, 1.807) is 12.1 Å². The van der Waals surface area contributed by atoms with Crippen LogP contribution in [0.1, 0.15) is 25.3 Å². The second-order valence-electron chi connectivity index (χ2n) is 9.18. The number of halogens is 1. The smallest absolute Gasteiger partial charge is 0.315 e. The summed E-state index contributed by atoms with van der Waals surface area (Å²) in [5.41, 5.74) is 3.50. The van der Waals surface area contributed by atoms with Crippen molar-refractivity contribution in [3.8, 4) is 11.1 Å². The first-order chi connectivity index (χ1) is 16.5. The zero-order valence-corrected chi connectivity index (χ0v) is 20.0. The minimum absolute atomic E-state index is 0.176. The van der Waals surface area contributed by atoms with E-state index >= 15 is 0 Å². The van der Waals surface area contributed by atoms with Gasteiger partial charge in [-0.05, 0) is 67.3 Å². The van der Waals surface area contributed by atoms with E-state index < -0.39 is 5.41 Å². The van der Waals surface area contributed by atoms with Crippen molar-refractivity contribution >= 4 is 11.7 Å². The Morgan fingerprint density at radius 3 is 2.26 bits per heavy atom. The van der Waals surface area contributed by atoms with Crippen LogP contribution >= 0.6 is 0 Å². The molecule has 1 heterocycles. The standard InChI is InChI=1S/C29H33FN2O2/c1-29(28(33)34-2,25-9-4-3-5-10-25)16-7-17-31-18-20-32(21-19-31)27-14-12-23(13-15-27)24-8-6-11-26(30)22-24/h3-6,8-15,22H,7,16-21H2,1-2H3. The number of carbonyl (C=O) groups is 1. The van der Waals surface area contributed by atoms with E-state index in [0.29, 0.717) is 0 Å². The molecule has 1 aliphatic rings. The summed E-state index contributed by atoms with van der Waals surface area (Å²) in [6.07, 6.45) is 1.69. The first-order valence-corrected chi connectivity index (χ1v) is 12.0. The predicted molar refractivity (Wildman–Crippen MR) is 136 cm³/mol. The van der Waals surface area contributed by atoms with Crippen LogP contribution in [0.3, 0.4) is 0 Å². The number of nitrogens with zero attached hydrogens (tertiary/aromatic N) is 2. The van der Waals surface area contributed by atoms with E-state index in [9.17, 15) is 9.18 Å². The van der Waals surface area contributed by atoms with Gasteiger partial charge in [0.25, 0.3) is 0 Å². The molecule has 0 aliphatic carbocycles. The van der Waals surface area contributed by atoms with E-state index in [2.05, 4.69) is 34.1 Å². The Hall–Kier alpha value is -3.18. The van der Waals surface area contributed by atoms with Crippen LogP contribution in [0.2, 0.25) is 0 Å². The molecule has 3 aromatic rings. The fraction of sp³-hybridized carbons (Fsp3) is 0.345. The lowest BCUT2D eigenvalue weighted by atomic mass is 9.78. The number of esters is 1. The van der Waals surface area contributed by atoms with Gasteiger partial charge in [-0.1, -0.05) is 54.6 Å². The molecule has 0 amide bonds. The molecule has 1 saturated heterocycles. The number of hydrogen-bond acceptors (Lipinski definition) is 4. The highest BCUT2D eigenvalue weighted by Crippen LogP contribution is 2.31. The van der Waals surface area contributed by atoms with Crippen molar-refractivity contribution in [1.82, 2.24) is 4.90 Å². The van der Waals surface area contributed by atoms with Gasteiger partial charge in [-0.25, -0.2) is 4.39 Å². The molecule has 34 heavy (non-hydrogen) atoms. The summed E-state index contributed by atoms with van der Waals surface area (Å²) in [6, 6.07) is 25.0. The molecular formula is C29H33FN2O2. The number of methoxy groups -OCH3 is 1. The zero-order chi connectivity index (χ0) is 24.0. The number of piperazine rings is 1. The van der Waals surface area contributed by atoms with Gasteiger partial charge in [0.2, 0.25) is 0 Å². The number of rotatable bonds is 8. The Morgan fingerprint density at radius 1 is 0.912 bits per heavy atom. The number of ether oxygens (including phenoxy) is 1. The molecular weight excluding hydrogens is 427 g/mol. The second-order valence-corrected chi connectivity index (χ2v) is 9.18. The highest BCUT2D eigenvalue weighted by molar-refractivity contribution is 5.82. The quantitative estimate of drug-likeness (QED) is 0.414. The molecule has 178 valence electrons. The average Bonchev–Trinajstić information content (AvgIpc) is 2.89. The van der Waals surface area contributed by atoms with Crippen LogP contribution < -0.4 is 4.90 Å². The van der Waals surface area contributed by atoms with E-state index in [-0.39, 0.29) is 11.8 Å². The number of carbonyl (C=O) groups excluding carboxylic acids is 1. The summed E-state index contributed by atoms with van der Waals surface area (Å²) in [4.78, 5) is 17.5. The van der Waals surface area contributed by atoms with Crippen molar-refractivity contribution in [3.05, 3.63) is 90.2 Å². The van der Waals surface area contributed by atoms with Crippen LogP contribution in [0.5, 0.6) is 0 Å². The van der Waals surface area contributed by atoms with Crippen LogP contribution in [0.25, 0.3) is 11.1 Å². The van der Waals surface area contributed by atoms with Crippen molar-refractivity contribution in [2.75, 3.05) is 44.7 Å². The highest BCUT2D eigenvalue weighted by Gasteiger charge is 2.36. The third kappa shape index (κ3) is 5.48. The van der Waals surface area contributed by atoms with Crippen molar-refractivity contribution in [2.45, 2.75) is 25.2 Å². The summed E-state index contributed by atoms with van der Waals surface area (Å²) >= 11 is 0. The first kappa shape index (κ1) is 24.0. The maximum Gasteiger partial charge on any atom is 0.315 e. The second kappa shape index (κ2) is 10.8. The molecule has 0 aromatic heterocycles. The Bertz CT molecular complexity index is 1080. The Morgan fingerprint density at radius 2 is 1.62 bits per heavy atom. The molecule has 4 rings (SSSR count). The highest BCUT2D eigenvalue weighted by atomic mass is 19.1. The van der Waals surface area contributed by atoms with Crippen molar-refractivity contribution < 1.29 is 13.9 Å². The molecule has 0 radical (unpaired) electrons. The topological polar surface area (TPSA) is 32.8 Å². The van der Waals surface area contributed by atoms with Gasteiger partial charge >= 0.3 is 5.97 Å². The van der Waals surface area contributed by atoms with Crippen molar-refractivity contribution in [3.63, 3.8) is 0 Å². The van der Waals surface area contributed by atoms with Crippen molar-refractivity contribution in [1.29, 1.82) is 0 Å².